The molecule has 0 saturated heterocycles. The van der Waals surface area contributed by atoms with Gasteiger partial charge in [0.1, 0.15) is 5.52 Å². The van der Waals surface area contributed by atoms with Crippen LogP contribution >= 0.6 is 0 Å². The van der Waals surface area contributed by atoms with Crippen LogP contribution in [0, 0.1) is 0 Å². The van der Waals surface area contributed by atoms with E-state index in [1.54, 1.807) is 0 Å². The van der Waals surface area contributed by atoms with Crippen molar-refractivity contribution >= 4 is 66.3 Å². The van der Waals surface area contributed by atoms with Crippen LogP contribution in [-0.4, -0.2) is 23.1 Å². The average Bonchev–Trinajstić information content (AvgIpc) is 3.89. The lowest BCUT2D eigenvalue weighted by Gasteiger charge is -2.10. The van der Waals surface area contributed by atoms with Gasteiger partial charge >= 0.3 is 0 Å². The highest BCUT2D eigenvalue weighted by Gasteiger charge is 2.24. The Morgan fingerprint density at radius 1 is 0.538 bits per heavy atom. The Hall–Kier alpha value is -6.59. The molecule has 0 fully saturated rings. The normalized spacial score (nSPS) is 12.3. The van der Waals surface area contributed by atoms with E-state index in [4.69, 9.17) is 4.98 Å². The average molecular weight is 672 g/mol. The molecule has 0 radical (unpaired) electrons. The third-order valence-electron chi connectivity index (χ3n) is 10.3. The predicted molar refractivity (Wildman–Crippen MR) is 218 cm³/mol. The quantitative estimate of drug-likeness (QED) is 0.162. The summed E-state index contributed by atoms with van der Waals surface area (Å²) >= 11 is 0. The van der Waals surface area contributed by atoms with Gasteiger partial charge in [-0.2, -0.15) is 4.98 Å². The van der Waals surface area contributed by atoms with Gasteiger partial charge in [-0.05, 0) is 104 Å². The van der Waals surface area contributed by atoms with E-state index in [1.165, 1.54) is 43.9 Å². The maximum absolute atomic E-state index is 5.49. The van der Waals surface area contributed by atoms with Crippen molar-refractivity contribution in [3.63, 3.8) is 0 Å². The summed E-state index contributed by atoms with van der Waals surface area (Å²) in [5, 5.41) is 3.61. The van der Waals surface area contributed by atoms with Gasteiger partial charge in [0.25, 0.3) is 0 Å². The summed E-state index contributed by atoms with van der Waals surface area (Å²) in [6.07, 6.45) is 5.60. The van der Waals surface area contributed by atoms with E-state index >= 15 is 0 Å². The summed E-state index contributed by atoms with van der Waals surface area (Å²) in [7, 11) is 0. The first-order valence-corrected chi connectivity index (χ1v) is 18.1. The van der Waals surface area contributed by atoms with Crippen LogP contribution in [0.2, 0.25) is 0 Å². The third-order valence-corrected chi connectivity index (χ3v) is 10.3. The zero-order valence-corrected chi connectivity index (χ0v) is 29.5. The van der Waals surface area contributed by atoms with Crippen LogP contribution < -0.4 is 0 Å². The van der Waals surface area contributed by atoms with Gasteiger partial charge in [-0.15, -0.1) is 0 Å². The molecule has 0 saturated carbocycles. The van der Waals surface area contributed by atoms with Gasteiger partial charge in [-0.1, -0.05) is 97.4 Å². The van der Waals surface area contributed by atoms with Crippen molar-refractivity contribution in [1.29, 1.82) is 0 Å². The van der Waals surface area contributed by atoms with E-state index in [1.807, 2.05) is 0 Å². The molecule has 5 nitrogen and oxygen atoms in total. The van der Waals surface area contributed by atoms with Crippen LogP contribution in [0.3, 0.4) is 0 Å². The van der Waals surface area contributed by atoms with Crippen LogP contribution in [0.1, 0.15) is 32.8 Å². The molecule has 0 N–H and O–H groups in total. The molecule has 10 rings (SSSR count). The zero-order valence-electron chi connectivity index (χ0n) is 29.5. The Bertz CT molecular complexity index is 3050. The summed E-state index contributed by atoms with van der Waals surface area (Å²) in [4.78, 5) is 5.49. The molecule has 0 amide bonds. The number of rotatable bonds is 6. The minimum Gasteiger partial charge on any atom is -0.309 e. The van der Waals surface area contributed by atoms with Crippen molar-refractivity contribution in [2.75, 3.05) is 0 Å². The molecule has 5 heteroatoms. The number of para-hydroxylation sites is 5. The van der Waals surface area contributed by atoms with Crippen molar-refractivity contribution in [2.45, 2.75) is 27.2 Å². The van der Waals surface area contributed by atoms with Gasteiger partial charge in [0.2, 0.25) is 5.78 Å². The Labute approximate surface area is 301 Å². The highest BCUT2D eigenvalue weighted by atomic mass is 15.2. The second kappa shape index (κ2) is 11.7. The lowest BCUT2D eigenvalue weighted by molar-refractivity contribution is 1.09. The fraction of sp³-hybridized carbons (Fsp3) is 0.0851. The summed E-state index contributed by atoms with van der Waals surface area (Å²) < 4.78 is 9.36. The summed E-state index contributed by atoms with van der Waals surface area (Å²) in [6.45, 7) is 6.54. The molecule has 0 bridgehead atoms. The third kappa shape index (κ3) is 4.45. The molecule has 250 valence electrons. The number of hydrogen-bond donors (Lipinski definition) is 0. The number of aromatic nitrogens is 5. The van der Waals surface area contributed by atoms with Crippen molar-refractivity contribution in [3.8, 4) is 17.1 Å². The SMILES string of the molecule is CC/C=C(\C=C(C)C)c1ccc2c(c1)c1cc(-n3c4ccccc4c4c3nc3n(-c5ccccc5)c5ccccc5n43)ccc1n2-c1ccccc1. The lowest BCUT2D eigenvalue weighted by Crippen LogP contribution is -1.97. The van der Waals surface area contributed by atoms with Crippen LogP contribution in [0.4, 0.5) is 0 Å². The molecule has 4 heterocycles. The molecule has 0 aliphatic heterocycles. The molecule has 0 spiro atoms. The first-order valence-electron chi connectivity index (χ1n) is 18.1. The van der Waals surface area contributed by atoms with Gasteiger partial charge in [0.05, 0.1) is 27.6 Å². The van der Waals surface area contributed by atoms with Crippen molar-refractivity contribution in [1.82, 2.24) is 23.1 Å². The molecule has 10 aromatic rings. The summed E-state index contributed by atoms with van der Waals surface area (Å²) in [5.41, 5.74) is 14.9. The second-order valence-electron chi connectivity index (χ2n) is 13.8. The molecule has 0 aliphatic carbocycles. The largest absolute Gasteiger partial charge is 0.309 e. The van der Waals surface area contributed by atoms with Gasteiger partial charge < -0.3 is 4.57 Å². The second-order valence-corrected chi connectivity index (χ2v) is 13.8. The minimum atomic E-state index is 0.901. The van der Waals surface area contributed by atoms with Crippen LogP contribution in [-0.2, 0) is 0 Å². The number of nitrogens with zero attached hydrogens (tertiary/aromatic N) is 5. The molecule has 52 heavy (non-hydrogen) atoms. The predicted octanol–water partition coefficient (Wildman–Crippen LogP) is 12.2. The number of benzene rings is 6. The van der Waals surface area contributed by atoms with Crippen molar-refractivity contribution in [3.05, 3.63) is 169 Å². The lowest BCUT2D eigenvalue weighted by atomic mass is 10.00. The Morgan fingerprint density at radius 2 is 1.13 bits per heavy atom. The molecule has 0 unspecified atom stereocenters. The Morgan fingerprint density at radius 3 is 1.85 bits per heavy atom. The number of allylic oxidation sites excluding steroid dienone is 4. The maximum atomic E-state index is 5.49. The van der Waals surface area contributed by atoms with Crippen LogP contribution in [0.5, 0.6) is 0 Å². The number of fused-ring (bicyclic) bond motifs is 10. The summed E-state index contributed by atoms with van der Waals surface area (Å²) in [5.74, 6) is 0.901. The molecule has 0 aliphatic rings. The molecule has 6 aromatic carbocycles. The van der Waals surface area contributed by atoms with E-state index in [9.17, 15) is 0 Å². The first kappa shape index (κ1) is 30.3. The minimum absolute atomic E-state index is 0.901. The van der Waals surface area contributed by atoms with Gasteiger partial charge in [0, 0.05) is 33.2 Å². The molecule has 0 atom stereocenters. The van der Waals surface area contributed by atoms with Crippen molar-refractivity contribution in [2.24, 2.45) is 0 Å². The first-order chi connectivity index (χ1) is 25.6. The van der Waals surface area contributed by atoms with Gasteiger partial charge in [0.15, 0.2) is 5.65 Å². The molecule has 4 aromatic heterocycles. The van der Waals surface area contributed by atoms with Crippen molar-refractivity contribution < 1.29 is 0 Å². The highest BCUT2D eigenvalue weighted by molar-refractivity contribution is 6.13. The van der Waals surface area contributed by atoms with E-state index in [2.05, 4.69) is 197 Å². The van der Waals surface area contributed by atoms with E-state index in [0.717, 1.165) is 57.0 Å². The van der Waals surface area contributed by atoms with E-state index < -0.39 is 0 Å². The van der Waals surface area contributed by atoms with Gasteiger partial charge in [-0.3, -0.25) is 13.5 Å². The van der Waals surface area contributed by atoms with Crippen LogP contribution in [0.15, 0.2) is 163 Å². The monoisotopic (exact) mass is 671 g/mol. The van der Waals surface area contributed by atoms with E-state index in [0.29, 0.717) is 0 Å². The Balaban J connectivity index is 1.29. The van der Waals surface area contributed by atoms with E-state index in [-0.39, 0.29) is 0 Å². The zero-order chi connectivity index (χ0) is 34.9. The highest BCUT2D eigenvalue weighted by Crippen LogP contribution is 2.39. The Kier molecular flexibility index (Phi) is 6.83. The topological polar surface area (TPSA) is 32.1 Å². The fourth-order valence-corrected chi connectivity index (χ4v) is 8.17. The number of hydrogen-bond acceptors (Lipinski definition) is 1. The number of imidazole rings is 2. The molecular weight excluding hydrogens is 635 g/mol. The molecular formula is C47H37N5. The van der Waals surface area contributed by atoms with Crippen LogP contribution in [0.25, 0.3) is 83.3 Å². The summed E-state index contributed by atoms with van der Waals surface area (Å²) in [6, 6.07) is 52.4. The smallest absolute Gasteiger partial charge is 0.222 e. The fourth-order valence-electron chi connectivity index (χ4n) is 8.17. The van der Waals surface area contributed by atoms with Gasteiger partial charge in [-0.25, -0.2) is 0 Å². The standard InChI is InChI=1S/C47H37N5/c1-4-15-32(28-31(2)3)33-24-26-41-38(29-33)39-30-36(25-27-42(39)49(41)34-16-7-5-8-17-34)50-40-21-12-11-20-37(40)45-46(50)48-47-51(35-18-9-6-10-19-35)43-22-13-14-23-44(43)52(45)47/h5-30H,4H2,1-3H3/b32-15+. The maximum Gasteiger partial charge on any atom is 0.222 e.